The Balaban J connectivity index is 3.10. The molecule has 0 spiro atoms. The molecule has 2 N–H and O–H groups in total. The first kappa shape index (κ1) is 14.4. The smallest absolute Gasteiger partial charge is 0.208 e. The molecule has 0 heterocycles. The van der Waals surface area contributed by atoms with Gasteiger partial charge in [-0.3, -0.25) is 0 Å². The van der Waals surface area contributed by atoms with Gasteiger partial charge < -0.3 is 5.32 Å². The summed E-state index contributed by atoms with van der Waals surface area (Å²) in [6.45, 7) is 2.17. The third-order valence-electron chi connectivity index (χ3n) is 1.79. The highest BCUT2D eigenvalue weighted by molar-refractivity contribution is 7.88. The molecule has 0 radical (unpaired) electrons. The lowest BCUT2D eigenvalue weighted by molar-refractivity contribution is 0.574. The van der Waals surface area contributed by atoms with Crippen LogP contribution < -0.4 is 10.0 Å². The second-order valence-corrected chi connectivity index (χ2v) is 5.22. The predicted octanol–water partition coefficient (Wildman–Crippen LogP) is 0.209. The van der Waals surface area contributed by atoms with Crippen LogP contribution in [0.15, 0.2) is 0 Å². The summed E-state index contributed by atoms with van der Waals surface area (Å²) >= 11 is 0. The van der Waals surface area contributed by atoms with Gasteiger partial charge in [-0.05, 0) is 32.4 Å². The molecule has 0 aromatic heterocycles. The van der Waals surface area contributed by atoms with E-state index in [1.54, 1.807) is 0 Å². The summed E-state index contributed by atoms with van der Waals surface area (Å²) in [4.78, 5) is 0. The largest absolute Gasteiger partial charge is 0.317 e. The fourth-order valence-corrected chi connectivity index (χ4v) is 1.57. The number of unbranched alkanes of at least 4 members (excludes halogenated alkanes) is 2. The zero-order valence-corrected chi connectivity index (χ0v) is 9.94. The maximum atomic E-state index is 10.7. The van der Waals surface area contributed by atoms with Crippen molar-refractivity contribution in [2.75, 3.05) is 25.9 Å². The van der Waals surface area contributed by atoms with Gasteiger partial charge in [0, 0.05) is 13.0 Å². The number of hydrogen-bond donors (Lipinski definition) is 2. The van der Waals surface area contributed by atoms with Gasteiger partial charge in [0.2, 0.25) is 10.0 Å². The third kappa shape index (κ3) is 13.4. The number of nitrogens with one attached hydrogen (secondary N) is 2. The lowest BCUT2D eigenvalue weighted by atomic mass is 10.2. The molecule has 6 heteroatoms. The molecule has 0 fully saturated rings. The maximum Gasteiger partial charge on any atom is 0.208 e. The topological polar surface area (TPSA) is 82.0 Å². The normalized spacial score (nSPS) is 11.2. The van der Waals surface area contributed by atoms with Crippen LogP contribution in [0.1, 0.15) is 25.7 Å². The molecule has 0 saturated heterocycles. The van der Waals surface area contributed by atoms with Gasteiger partial charge in [-0.2, -0.15) is 5.26 Å². The van der Waals surface area contributed by atoms with E-state index in [-0.39, 0.29) is 0 Å². The molecular weight excluding hydrogens is 214 g/mol. The van der Waals surface area contributed by atoms with Gasteiger partial charge >= 0.3 is 0 Å². The first-order valence-electron chi connectivity index (χ1n) is 5.08. The van der Waals surface area contributed by atoms with Crippen LogP contribution in [0.3, 0.4) is 0 Å². The van der Waals surface area contributed by atoms with E-state index >= 15 is 0 Å². The fourth-order valence-electron chi connectivity index (χ4n) is 1.05. The number of rotatable bonds is 9. The van der Waals surface area contributed by atoms with Crippen LogP contribution in [0, 0.1) is 11.3 Å². The number of hydrogen-bond acceptors (Lipinski definition) is 4. The van der Waals surface area contributed by atoms with Crippen molar-refractivity contribution in [1.29, 1.82) is 5.26 Å². The summed E-state index contributed by atoms with van der Waals surface area (Å²) in [6.07, 6.45) is 4.46. The summed E-state index contributed by atoms with van der Waals surface area (Å²) in [5.41, 5.74) is 0. The van der Waals surface area contributed by atoms with E-state index in [9.17, 15) is 8.42 Å². The lowest BCUT2D eigenvalue weighted by Crippen LogP contribution is -2.26. The molecule has 0 amide bonds. The van der Waals surface area contributed by atoms with Gasteiger partial charge in [0.1, 0.15) is 0 Å². The summed E-state index contributed by atoms with van der Waals surface area (Å²) in [5.74, 6) is 0. The van der Waals surface area contributed by atoms with Crippen molar-refractivity contribution in [3.8, 4) is 6.07 Å². The van der Waals surface area contributed by atoms with Crippen LogP contribution in [0.25, 0.3) is 0 Å². The van der Waals surface area contributed by atoms with Gasteiger partial charge in [0.15, 0.2) is 0 Å². The summed E-state index contributed by atoms with van der Waals surface area (Å²) in [5, 5.41) is 11.5. The summed E-state index contributed by atoms with van der Waals surface area (Å²) in [6, 6.07) is 2.09. The molecule has 0 unspecified atom stereocenters. The summed E-state index contributed by atoms with van der Waals surface area (Å²) in [7, 11) is -3.04. The van der Waals surface area contributed by atoms with E-state index in [1.165, 1.54) is 0 Å². The van der Waals surface area contributed by atoms with E-state index in [0.29, 0.717) is 13.0 Å². The van der Waals surface area contributed by atoms with Gasteiger partial charge in [-0.15, -0.1) is 0 Å². The Hall–Kier alpha value is -0.640. The van der Waals surface area contributed by atoms with Crippen molar-refractivity contribution in [2.45, 2.75) is 25.7 Å². The molecule has 0 rings (SSSR count). The second-order valence-electron chi connectivity index (χ2n) is 3.39. The SMILES string of the molecule is CS(=O)(=O)NCCCNCCCCC#N. The Morgan fingerprint density at radius 1 is 1.13 bits per heavy atom. The standard InChI is InChI=1S/C9H19N3O2S/c1-15(13,14)12-9-5-8-11-7-4-2-3-6-10/h11-12H,2-5,7-9H2,1H3. The van der Waals surface area contributed by atoms with Crippen LogP contribution >= 0.6 is 0 Å². The van der Waals surface area contributed by atoms with E-state index in [1.807, 2.05) is 0 Å². The Labute approximate surface area is 91.9 Å². The average molecular weight is 233 g/mol. The first-order valence-corrected chi connectivity index (χ1v) is 6.97. The molecule has 88 valence electrons. The Morgan fingerprint density at radius 2 is 1.80 bits per heavy atom. The number of nitrogens with zero attached hydrogens (tertiary/aromatic N) is 1. The van der Waals surface area contributed by atoms with Crippen LogP contribution in [-0.4, -0.2) is 34.3 Å². The van der Waals surface area contributed by atoms with Crippen LogP contribution in [0.5, 0.6) is 0 Å². The monoisotopic (exact) mass is 233 g/mol. The fraction of sp³-hybridized carbons (Fsp3) is 0.889. The van der Waals surface area contributed by atoms with E-state index in [0.717, 1.165) is 38.6 Å². The van der Waals surface area contributed by atoms with E-state index < -0.39 is 10.0 Å². The van der Waals surface area contributed by atoms with Crippen molar-refractivity contribution in [3.05, 3.63) is 0 Å². The Kier molecular flexibility index (Phi) is 8.28. The predicted molar refractivity (Wildman–Crippen MR) is 59.8 cm³/mol. The summed E-state index contributed by atoms with van der Waals surface area (Å²) < 4.78 is 23.8. The molecule has 0 atom stereocenters. The zero-order valence-electron chi connectivity index (χ0n) is 9.12. The van der Waals surface area contributed by atoms with Crippen molar-refractivity contribution < 1.29 is 8.42 Å². The van der Waals surface area contributed by atoms with Crippen molar-refractivity contribution >= 4 is 10.0 Å². The van der Waals surface area contributed by atoms with Gasteiger partial charge in [-0.1, -0.05) is 0 Å². The highest BCUT2D eigenvalue weighted by Crippen LogP contribution is 1.91. The minimum absolute atomic E-state index is 0.476. The molecular formula is C9H19N3O2S. The molecule has 0 aromatic carbocycles. The molecule has 0 saturated carbocycles. The average Bonchev–Trinajstić information content (AvgIpc) is 2.14. The second kappa shape index (κ2) is 8.65. The number of nitriles is 1. The minimum atomic E-state index is -3.04. The Morgan fingerprint density at radius 3 is 2.40 bits per heavy atom. The van der Waals surface area contributed by atoms with Crippen molar-refractivity contribution in [3.63, 3.8) is 0 Å². The molecule has 0 aliphatic heterocycles. The first-order chi connectivity index (χ1) is 7.06. The zero-order chi connectivity index (χ0) is 11.6. The highest BCUT2D eigenvalue weighted by atomic mass is 32.2. The van der Waals surface area contributed by atoms with Gasteiger partial charge in [0.25, 0.3) is 0 Å². The molecule has 0 aromatic rings. The molecule has 0 bridgehead atoms. The van der Waals surface area contributed by atoms with Crippen molar-refractivity contribution in [2.24, 2.45) is 0 Å². The van der Waals surface area contributed by atoms with Crippen LogP contribution in [0.2, 0.25) is 0 Å². The quantitative estimate of drug-likeness (QED) is 0.558. The van der Waals surface area contributed by atoms with Gasteiger partial charge in [0.05, 0.1) is 12.3 Å². The van der Waals surface area contributed by atoms with Gasteiger partial charge in [-0.25, -0.2) is 13.1 Å². The maximum absolute atomic E-state index is 10.7. The lowest BCUT2D eigenvalue weighted by Gasteiger charge is -2.04. The molecule has 15 heavy (non-hydrogen) atoms. The number of sulfonamides is 1. The van der Waals surface area contributed by atoms with E-state index in [4.69, 9.17) is 5.26 Å². The van der Waals surface area contributed by atoms with Crippen LogP contribution in [-0.2, 0) is 10.0 Å². The van der Waals surface area contributed by atoms with Crippen LogP contribution in [0.4, 0.5) is 0 Å². The van der Waals surface area contributed by atoms with E-state index in [2.05, 4.69) is 16.1 Å². The molecule has 5 nitrogen and oxygen atoms in total. The highest BCUT2D eigenvalue weighted by Gasteiger charge is 1.97. The Bertz CT molecular complexity index is 282. The molecule has 0 aliphatic rings. The van der Waals surface area contributed by atoms with Crippen molar-refractivity contribution in [1.82, 2.24) is 10.0 Å². The molecule has 0 aliphatic carbocycles. The minimum Gasteiger partial charge on any atom is -0.317 e. The third-order valence-corrected chi connectivity index (χ3v) is 2.52.